The number of nitrogens with one attached hydrogen (secondary N) is 1. The number of aromatic amines is 1. The molecule has 3 aromatic rings. The van der Waals surface area contributed by atoms with E-state index in [2.05, 4.69) is 14.9 Å². The molecular weight excluding hydrogens is 380 g/mol. The highest BCUT2D eigenvalue weighted by Gasteiger charge is 2.24. The molecule has 0 amide bonds. The molecule has 1 fully saturated rings. The maximum atomic E-state index is 12.3. The summed E-state index contributed by atoms with van der Waals surface area (Å²) in [5.74, 6) is 1.37. The molecule has 0 saturated carbocycles. The molecule has 1 aliphatic rings. The van der Waals surface area contributed by atoms with Crippen LogP contribution in [0.5, 0.6) is 11.5 Å². The summed E-state index contributed by atoms with van der Waals surface area (Å²) in [5.41, 5.74) is 2.41. The number of H-pyrrole nitrogens is 1. The standard InChI is InChI=1S/C23H26N4O3/c1-2-30-21-12-16(8-9-20(21)28)14-27-11-5-6-17(15-27)19-13-22(29)26-23(25-19)18-7-3-4-10-24-18/h3-4,7-10,12-13,17,28H,2,5-6,11,14-15H2,1H3,(H,25,26,29)/t17-/m0/s1. The maximum absolute atomic E-state index is 12.3. The first-order chi connectivity index (χ1) is 14.6. The number of ether oxygens (including phenoxy) is 1. The number of likely N-dealkylation sites (tertiary alicyclic amines) is 1. The van der Waals surface area contributed by atoms with E-state index in [4.69, 9.17) is 9.72 Å². The molecule has 3 heterocycles. The van der Waals surface area contributed by atoms with E-state index in [0.717, 1.165) is 43.7 Å². The first-order valence-electron chi connectivity index (χ1n) is 10.3. The number of aromatic nitrogens is 3. The smallest absolute Gasteiger partial charge is 0.251 e. The van der Waals surface area contributed by atoms with Gasteiger partial charge in [-0.25, -0.2) is 4.98 Å². The Morgan fingerprint density at radius 3 is 2.97 bits per heavy atom. The van der Waals surface area contributed by atoms with E-state index in [1.807, 2.05) is 37.3 Å². The maximum Gasteiger partial charge on any atom is 0.251 e. The first kappa shape index (κ1) is 20.1. The molecule has 2 aromatic heterocycles. The molecule has 7 nitrogen and oxygen atoms in total. The Morgan fingerprint density at radius 2 is 2.17 bits per heavy atom. The molecule has 0 bridgehead atoms. The topological polar surface area (TPSA) is 91.3 Å². The minimum absolute atomic E-state index is 0.155. The lowest BCUT2D eigenvalue weighted by molar-refractivity contribution is 0.198. The van der Waals surface area contributed by atoms with Crippen LogP contribution in [0.15, 0.2) is 53.5 Å². The van der Waals surface area contributed by atoms with Crippen LogP contribution < -0.4 is 10.3 Å². The van der Waals surface area contributed by atoms with Gasteiger partial charge in [0.15, 0.2) is 17.3 Å². The summed E-state index contributed by atoms with van der Waals surface area (Å²) in [4.78, 5) is 26.4. The van der Waals surface area contributed by atoms with E-state index in [1.54, 1.807) is 18.3 Å². The Morgan fingerprint density at radius 1 is 1.27 bits per heavy atom. The van der Waals surface area contributed by atoms with Crippen molar-refractivity contribution in [3.05, 3.63) is 70.3 Å². The Hall–Kier alpha value is -3.19. The quantitative estimate of drug-likeness (QED) is 0.653. The number of piperidine rings is 1. The van der Waals surface area contributed by atoms with Crippen molar-refractivity contribution in [3.63, 3.8) is 0 Å². The molecule has 1 atom stereocenters. The van der Waals surface area contributed by atoms with Crippen LogP contribution in [-0.2, 0) is 6.54 Å². The van der Waals surface area contributed by atoms with E-state index in [0.29, 0.717) is 23.9 Å². The highest BCUT2D eigenvalue weighted by molar-refractivity contribution is 5.48. The van der Waals surface area contributed by atoms with Crippen LogP contribution in [-0.4, -0.2) is 44.7 Å². The van der Waals surface area contributed by atoms with Crippen LogP contribution in [0.25, 0.3) is 11.5 Å². The minimum atomic E-state index is -0.155. The number of benzene rings is 1. The van der Waals surface area contributed by atoms with E-state index < -0.39 is 0 Å². The second-order valence-electron chi connectivity index (χ2n) is 7.54. The van der Waals surface area contributed by atoms with E-state index in [-0.39, 0.29) is 17.2 Å². The van der Waals surface area contributed by atoms with Crippen LogP contribution >= 0.6 is 0 Å². The van der Waals surface area contributed by atoms with Gasteiger partial charge in [0.25, 0.3) is 5.56 Å². The second kappa shape index (κ2) is 9.09. The third-order valence-corrected chi connectivity index (χ3v) is 5.32. The van der Waals surface area contributed by atoms with Gasteiger partial charge in [-0.3, -0.25) is 14.7 Å². The van der Waals surface area contributed by atoms with Crippen LogP contribution in [0.4, 0.5) is 0 Å². The fourth-order valence-corrected chi connectivity index (χ4v) is 3.94. The minimum Gasteiger partial charge on any atom is -0.504 e. The Bertz CT molecular complexity index is 1050. The van der Waals surface area contributed by atoms with Crippen molar-refractivity contribution in [1.82, 2.24) is 19.9 Å². The molecule has 2 N–H and O–H groups in total. The number of hydrogen-bond acceptors (Lipinski definition) is 6. The highest BCUT2D eigenvalue weighted by Crippen LogP contribution is 2.30. The van der Waals surface area contributed by atoms with Crippen molar-refractivity contribution in [1.29, 1.82) is 0 Å². The monoisotopic (exact) mass is 406 g/mol. The highest BCUT2D eigenvalue weighted by atomic mass is 16.5. The zero-order chi connectivity index (χ0) is 20.9. The van der Waals surface area contributed by atoms with Gasteiger partial charge in [0.05, 0.1) is 12.3 Å². The Balaban J connectivity index is 1.51. The first-order valence-corrected chi connectivity index (χ1v) is 10.3. The van der Waals surface area contributed by atoms with Gasteiger partial charge in [-0.05, 0) is 56.1 Å². The van der Waals surface area contributed by atoms with Gasteiger partial charge in [0.1, 0.15) is 5.69 Å². The molecule has 4 rings (SSSR count). The van der Waals surface area contributed by atoms with Crippen molar-refractivity contribution >= 4 is 0 Å². The summed E-state index contributed by atoms with van der Waals surface area (Å²) in [6.45, 7) is 4.97. The predicted molar refractivity (Wildman–Crippen MR) is 115 cm³/mol. The average molecular weight is 406 g/mol. The van der Waals surface area contributed by atoms with Crippen LogP contribution in [0.1, 0.15) is 36.9 Å². The lowest BCUT2D eigenvalue weighted by Crippen LogP contribution is -2.34. The number of hydrogen-bond donors (Lipinski definition) is 2. The van der Waals surface area contributed by atoms with Gasteiger partial charge < -0.3 is 14.8 Å². The summed E-state index contributed by atoms with van der Waals surface area (Å²) < 4.78 is 5.50. The summed E-state index contributed by atoms with van der Waals surface area (Å²) in [6.07, 6.45) is 3.72. The zero-order valence-electron chi connectivity index (χ0n) is 17.0. The normalized spacial score (nSPS) is 17.0. The number of rotatable bonds is 6. The summed E-state index contributed by atoms with van der Waals surface area (Å²) in [5, 5.41) is 9.92. The van der Waals surface area contributed by atoms with Gasteiger partial charge in [0, 0.05) is 31.3 Å². The predicted octanol–water partition coefficient (Wildman–Crippen LogP) is 3.32. The van der Waals surface area contributed by atoms with Crippen LogP contribution in [0.3, 0.4) is 0 Å². The van der Waals surface area contributed by atoms with E-state index in [1.165, 1.54) is 0 Å². The summed E-state index contributed by atoms with van der Waals surface area (Å²) >= 11 is 0. The lowest BCUT2D eigenvalue weighted by atomic mass is 9.94. The Labute approximate surface area is 175 Å². The fraction of sp³-hybridized carbons (Fsp3) is 0.348. The molecule has 0 unspecified atom stereocenters. The van der Waals surface area contributed by atoms with Crippen molar-refractivity contribution < 1.29 is 9.84 Å². The summed E-state index contributed by atoms with van der Waals surface area (Å²) in [6, 6.07) is 12.7. The van der Waals surface area contributed by atoms with Gasteiger partial charge in [-0.1, -0.05) is 12.1 Å². The van der Waals surface area contributed by atoms with Crippen molar-refractivity contribution in [2.75, 3.05) is 19.7 Å². The largest absolute Gasteiger partial charge is 0.504 e. The lowest BCUT2D eigenvalue weighted by Gasteiger charge is -2.32. The number of phenols is 1. The van der Waals surface area contributed by atoms with E-state index in [9.17, 15) is 9.90 Å². The molecular formula is C23H26N4O3. The van der Waals surface area contributed by atoms with Gasteiger partial charge in [-0.15, -0.1) is 0 Å². The number of aromatic hydroxyl groups is 1. The molecule has 0 spiro atoms. The molecule has 0 radical (unpaired) electrons. The van der Waals surface area contributed by atoms with Crippen LogP contribution in [0, 0.1) is 0 Å². The molecule has 156 valence electrons. The summed E-state index contributed by atoms with van der Waals surface area (Å²) in [7, 11) is 0. The zero-order valence-corrected chi connectivity index (χ0v) is 17.0. The number of pyridine rings is 1. The van der Waals surface area contributed by atoms with Gasteiger partial charge in [-0.2, -0.15) is 0 Å². The third-order valence-electron chi connectivity index (χ3n) is 5.32. The molecule has 1 aliphatic heterocycles. The van der Waals surface area contributed by atoms with Crippen molar-refractivity contribution in [3.8, 4) is 23.0 Å². The van der Waals surface area contributed by atoms with E-state index >= 15 is 0 Å². The number of nitrogens with zero attached hydrogens (tertiary/aromatic N) is 3. The molecule has 30 heavy (non-hydrogen) atoms. The van der Waals surface area contributed by atoms with Crippen molar-refractivity contribution in [2.45, 2.75) is 32.2 Å². The second-order valence-corrected chi connectivity index (χ2v) is 7.54. The fourth-order valence-electron chi connectivity index (χ4n) is 3.94. The van der Waals surface area contributed by atoms with Crippen LogP contribution in [0.2, 0.25) is 0 Å². The van der Waals surface area contributed by atoms with Gasteiger partial charge in [0.2, 0.25) is 0 Å². The third kappa shape index (κ3) is 4.68. The van der Waals surface area contributed by atoms with Crippen molar-refractivity contribution in [2.24, 2.45) is 0 Å². The SMILES string of the molecule is CCOc1cc(CN2CCC[C@H](c3cc(=O)[nH]c(-c4ccccn4)n3)C2)ccc1O. The molecule has 7 heteroatoms. The Kier molecular flexibility index (Phi) is 6.09. The molecule has 1 aromatic carbocycles. The average Bonchev–Trinajstić information content (AvgIpc) is 2.77. The molecule has 0 aliphatic carbocycles. The molecule has 1 saturated heterocycles. The number of phenolic OH excluding ortho intramolecular Hbond substituents is 1. The van der Waals surface area contributed by atoms with Gasteiger partial charge >= 0.3 is 0 Å².